The molecule has 0 bridgehead atoms. The number of rotatable bonds is 2. The molecule has 1 aromatic carbocycles. The monoisotopic (exact) mass is 334 g/mol. The number of aliphatic hydroxyl groups is 1. The molecule has 5 nitrogen and oxygen atoms in total. The van der Waals surface area contributed by atoms with Crippen molar-refractivity contribution < 1.29 is 15.1 Å². The minimum atomic E-state index is -0.628. The van der Waals surface area contributed by atoms with Crippen LogP contribution in [0.3, 0.4) is 0 Å². The lowest BCUT2D eigenvalue weighted by molar-refractivity contribution is -0.0961. The normalized spacial score (nSPS) is 26.9. The Morgan fingerprint density at radius 3 is 2.54 bits per heavy atom. The average molecular weight is 334 g/mol. The van der Waals surface area contributed by atoms with E-state index in [-0.39, 0.29) is 13.5 Å². The number of piperidine rings is 1. The highest BCUT2D eigenvalue weighted by Gasteiger charge is 2.45. The molecule has 0 radical (unpaired) electrons. The van der Waals surface area contributed by atoms with E-state index in [2.05, 4.69) is 10.1 Å². The van der Waals surface area contributed by atoms with E-state index in [0.717, 1.165) is 42.8 Å². The van der Waals surface area contributed by atoms with Gasteiger partial charge in [-0.05, 0) is 70.5 Å². The number of likely N-dealkylation sites (tertiary alicyclic amines) is 1. The van der Waals surface area contributed by atoms with Crippen LogP contribution in [0.4, 0.5) is 0 Å². The van der Waals surface area contributed by atoms with Crippen LogP contribution in [0.25, 0.3) is 0 Å². The first-order valence-electron chi connectivity index (χ1n) is 8.38. The minimum Gasteiger partial charge on any atom is -0.485 e. The van der Waals surface area contributed by atoms with Gasteiger partial charge in [0, 0.05) is 5.56 Å². The molecule has 134 valence electrons. The second-order valence-corrected chi connectivity index (χ2v) is 7.13. The van der Waals surface area contributed by atoms with Crippen molar-refractivity contribution in [3.8, 4) is 5.75 Å². The third-order valence-corrected chi connectivity index (χ3v) is 5.06. The van der Waals surface area contributed by atoms with Crippen molar-refractivity contribution in [1.82, 2.24) is 4.90 Å². The van der Waals surface area contributed by atoms with E-state index in [1.54, 1.807) is 6.92 Å². The average Bonchev–Trinajstić information content (AvgIpc) is 2.55. The molecule has 5 heteroatoms. The molecule has 1 saturated heterocycles. The van der Waals surface area contributed by atoms with E-state index >= 15 is 0 Å². The van der Waals surface area contributed by atoms with Crippen molar-refractivity contribution >= 4 is 5.71 Å². The lowest BCUT2D eigenvalue weighted by atomic mass is 9.84. The molecule has 2 unspecified atom stereocenters. The Labute approximate surface area is 144 Å². The summed E-state index contributed by atoms with van der Waals surface area (Å²) in [6.07, 6.45) is 2.98. The molecule has 2 atom stereocenters. The quantitative estimate of drug-likeness (QED) is 0.493. The third kappa shape index (κ3) is 3.28. The fourth-order valence-electron chi connectivity index (χ4n) is 3.64. The minimum absolute atomic E-state index is 0. The van der Waals surface area contributed by atoms with Crippen LogP contribution in [0.2, 0.25) is 0 Å². The van der Waals surface area contributed by atoms with E-state index in [4.69, 9.17) is 9.94 Å². The molecule has 0 aromatic heterocycles. The van der Waals surface area contributed by atoms with Gasteiger partial charge in [-0.15, -0.1) is 0 Å². The van der Waals surface area contributed by atoms with Crippen molar-refractivity contribution in [2.24, 2.45) is 5.16 Å². The van der Waals surface area contributed by atoms with Crippen LogP contribution in [0.1, 0.15) is 64.6 Å². The predicted octanol–water partition coefficient (Wildman–Crippen LogP) is 3.58. The van der Waals surface area contributed by atoms with Gasteiger partial charge in [0.1, 0.15) is 17.5 Å². The van der Waals surface area contributed by atoms with Crippen molar-refractivity contribution in [3.63, 3.8) is 0 Å². The van der Waals surface area contributed by atoms with Crippen LogP contribution in [0, 0.1) is 0 Å². The number of hydrogen-bond donors (Lipinski definition) is 2. The number of oxime groups is 1. The van der Waals surface area contributed by atoms with Gasteiger partial charge in [-0.2, -0.15) is 0 Å². The Kier molecular flexibility index (Phi) is 5.56. The highest BCUT2D eigenvalue weighted by Crippen LogP contribution is 2.44. The zero-order chi connectivity index (χ0) is 16.6. The van der Waals surface area contributed by atoms with E-state index in [1.807, 2.05) is 32.0 Å². The molecule has 0 aliphatic carbocycles. The summed E-state index contributed by atoms with van der Waals surface area (Å²) in [4.78, 5) is 2.37. The molecule has 3 rings (SSSR count). The summed E-state index contributed by atoms with van der Waals surface area (Å²) < 4.78 is 6.04. The van der Waals surface area contributed by atoms with Gasteiger partial charge in [-0.25, -0.2) is 0 Å². The van der Waals surface area contributed by atoms with E-state index in [9.17, 15) is 5.11 Å². The zero-order valence-electron chi connectivity index (χ0n) is 14.1. The summed E-state index contributed by atoms with van der Waals surface area (Å²) in [5, 5.41) is 23.3. The van der Waals surface area contributed by atoms with E-state index in [1.165, 1.54) is 6.42 Å². The number of nitrogens with zero attached hydrogens (tertiary/aromatic N) is 2. The molecule has 2 N–H and O–H groups in total. The van der Waals surface area contributed by atoms with Gasteiger partial charge in [-0.1, -0.05) is 19.0 Å². The molecule has 0 saturated carbocycles. The Bertz CT molecular complexity index is 607. The number of benzene rings is 1. The van der Waals surface area contributed by atoms with Gasteiger partial charge in [-0.3, -0.25) is 4.90 Å². The maximum Gasteiger partial charge on any atom is 0.131 e. The second-order valence-electron chi connectivity index (χ2n) is 7.13. The molecular weight excluding hydrogens is 304 g/mol. The van der Waals surface area contributed by atoms with Gasteiger partial charge >= 0.3 is 0 Å². The molecule has 24 heavy (non-hydrogen) atoms. The van der Waals surface area contributed by atoms with Crippen molar-refractivity contribution in [2.75, 3.05) is 13.1 Å². The van der Waals surface area contributed by atoms with Gasteiger partial charge in [0.15, 0.2) is 0 Å². The molecule has 1 aromatic rings. The number of fused-ring (bicyclic) bond motifs is 1. The van der Waals surface area contributed by atoms with Crippen LogP contribution >= 0.6 is 0 Å². The summed E-state index contributed by atoms with van der Waals surface area (Å²) in [7, 11) is 0. The highest BCUT2D eigenvalue weighted by molar-refractivity contribution is 5.98. The third-order valence-electron chi connectivity index (χ3n) is 5.06. The topological polar surface area (TPSA) is 65.3 Å². The lowest BCUT2D eigenvalue weighted by Gasteiger charge is -2.47. The summed E-state index contributed by atoms with van der Waals surface area (Å²) >= 11 is 0. The molecule has 0 amide bonds. The second kappa shape index (κ2) is 7.11. The summed E-state index contributed by atoms with van der Waals surface area (Å²) in [6.45, 7) is 7.63. The summed E-state index contributed by atoms with van der Waals surface area (Å²) in [6, 6.07) is 5.72. The van der Waals surface area contributed by atoms with Gasteiger partial charge in [0.2, 0.25) is 0 Å². The first-order valence-corrected chi connectivity index (χ1v) is 8.38. The summed E-state index contributed by atoms with van der Waals surface area (Å²) in [5.74, 6) is 0.811. The number of aliphatic hydroxyl groups excluding tert-OH is 1. The Balaban J connectivity index is 0.00000208. The first-order chi connectivity index (χ1) is 10.9. The molecular formula is C19H30N2O3. The van der Waals surface area contributed by atoms with Gasteiger partial charge in [0.05, 0.1) is 11.8 Å². The van der Waals surface area contributed by atoms with Crippen LogP contribution in [0.15, 0.2) is 23.4 Å². The standard InChI is InChI=1S/C18H26N2O3.CH4/c1-12(19-22)13-7-8-15-14(11-13)16(17(21)18(2,3)23-15)20-9-5-4-6-10-20;/h7-8,11,16-17,21-22H,4-6,9-10H2,1-3H3;1H4. The summed E-state index contributed by atoms with van der Waals surface area (Å²) in [5.41, 5.74) is 1.77. The van der Waals surface area contributed by atoms with Crippen LogP contribution in [-0.2, 0) is 0 Å². The van der Waals surface area contributed by atoms with Crippen LogP contribution in [-0.4, -0.2) is 45.7 Å². The van der Waals surface area contributed by atoms with Crippen molar-refractivity contribution in [2.45, 2.75) is 65.2 Å². The van der Waals surface area contributed by atoms with Crippen LogP contribution in [0.5, 0.6) is 5.75 Å². The molecule has 2 heterocycles. The Hall–Kier alpha value is -1.59. The SMILES string of the molecule is C.CC(=NO)c1ccc2c(c1)C(N1CCCCC1)C(O)C(C)(C)O2. The Morgan fingerprint density at radius 1 is 1.25 bits per heavy atom. The van der Waals surface area contributed by atoms with Crippen molar-refractivity contribution in [3.05, 3.63) is 29.3 Å². The van der Waals surface area contributed by atoms with E-state index < -0.39 is 11.7 Å². The van der Waals surface area contributed by atoms with Gasteiger partial charge in [0.25, 0.3) is 0 Å². The number of ether oxygens (including phenoxy) is 1. The number of hydrogen-bond acceptors (Lipinski definition) is 5. The molecule has 2 aliphatic rings. The zero-order valence-corrected chi connectivity index (χ0v) is 14.1. The maximum atomic E-state index is 10.9. The molecule has 2 aliphatic heterocycles. The highest BCUT2D eigenvalue weighted by atomic mass is 16.5. The molecule has 1 fully saturated rings. The predicted molar refractivity (Wildman–Crippen MR) is 96.0 cm³/mol. The van der Waals surface area contributed by atoms with Gasteiger partial charge < -0.3 is 15.1 Å². The van der Waals surface area contributed by atoms with E-state index in [0.29, 0.717) is 5.71 Å². The van der Waals surface area contributed by atoms with Crippen LogP contribution < -0.4 is 4.74 Å². The Morgan fingerprint density at radius 2 is 1.92 bits per heavy atom. The maximum absolute atomic E-state index is 10.9. The fourth-order valence-corrected chi connectivity index (χ4v) is 3.64. The smallest absolute Gasteiger partial charge is 0.131 e. The largest absolute Gasteiger partial charge is 0.485 e. The lowest BCUT2D eigenvalue weighted by Crippen LogP contribution is -2.54. The van der Waals surface area contributed by atoms with Crippen molar-refractivity contribution in [1.29, 1.82) is 0 Å². The molecule has 0 spiro atoms. The fraction of sp³-hybridized carbons (Fsp3) is 0.632. The first kappa shape index (κ1) is 18.7.